The predicted molar refractivity (Wildman–Crippen MR) is 195 cm³/mol. The molecule has 2 aliphatic heterocycles. The first-order valence-corrected chi connectivity index (χ1v) is 20.0. The van der Waals surface area contributed by atoms with Gasteiger partial charge in [0.15, 0.2) is 6.10 Å². The quantitative estimate of drug-likeness (QED) is 0.208. The van der Waals surface area contributed by atoms with Crippen LogP contribution in [0.3, 0.4) is 0 Å². The zero-order chi connectivity index (χ0) is 36.9. The highest BCUT2D eigenvalue weighted by molar-refractivity contribution is 7.91. The summed E-state index contributed by atoms with van der Waals surface area (Å²) < 4.78 is 33.2. The number of hydrogen-bond acceptors (Lipinski definition) is 9. The van der Waals surface area contributed by atoms with E-state index < -0.39 is 74.8 Å². The third-order valence-corrected chi connectivity index (χ3v) is 13.2. The highest BCUT2D eigenvalue weighted by atomic mass is 32.2. The topological polar surface area (TPSA) is 173 Å². The number of hydrogen-bond donors (Lipinski definition) is 3. The van der Waals surface area contributed by atoms with Crippen LogP contribution in [0.15, 0.2) is 78.5 Å². The molecule has 8 rings (SSSR count). The van der Waals surface area contributed by atoms with Gasteiger partial charge in [0, 0.05) is 23.5 Å². The van der Waals surface area contributed by atoms with Crippen LogP contribution in [0.1, 0.15) is 75.3 Å². The van der Waals surface area contributed by atoms with Crippen molar-refractivity contribution in [2.24, 2.45) is 11.1 Å². The Labute approximate surface area is 308 Å². The smallest absolute Gasteiger partial charge is 0.408 e. The number of fused-ring (bicyclic) bond motifs is 4. The zero-order valence-electron chi connectivity index (χ0n) is 29.2. The Hall–Kier alpha value is -4.98. The molecular formula is C39H43N5O8S. The molecule has 1 saturated heterocycles. The largest absolute Gasteiger partial charge is 0.446 e. The summed E-state index contributed by atoms with van der Waals surface area (Å²) in [5.74, 6) is -2.47. The van der Waals surface area contributed by atoms with Crippen molar-refractivity contribution in [1.82, 2.24) is 20.3 Å². The van der Waals surface area contributed by atoms with Crippen molar-refractivity contribution >= 4 is 39.5 Å². The molecule has 2 aromatic carbocycles. The molecule has 13 nitrogen and oxygen atoms in total. The fraction of sp³-hybridized carbons (Fsp3) is 0.462. The van der Waals surface area contributed by atoms with Gasteiger partial charge in [-0.05, 0) is 68.9 Å². The molecule has 6 aliphatic rings. The monoisotopic (exact) mass is 741 g/mol. The summed E-state index contributed by atoms with van der Waals surface area (Å²) >= 11 is 0. The lowest BCUT2D eigenvalue weighted by atomic mass is 10.0. The number of rotatable bonds is 10. The third kappa shape index (κ3) is 6.62. The minimum atomic E-state index is -3.89. The first-order chi connectivity index (χ1) is 25.6. The Balaban J connectivity index is 1.09. The maximum Gasteiger partial charge on any atom is 0.408 e. The van der Waals surface area contributed by atoms with Gasteiger partial charge >= 0.3 is 6.09 Å². The number of benzene rings is 2. The van der Waals surface area contributed by atoms with E-state index in [-0.39, 0.29) is 25.4 Å². The van der Waals surface area contributed by atoms with Crippen LogP contribution < -0.4 is 15.4 Å². The maximum atomic E-state index is 14.5. The zero-order valence-corrected chi connectivity index (χ0v) is 30.1. The van der Waals surface area contributed by atoms with Gasteiger partial charge in [-0.1, -0.05) is 71.9 Å². The second kappa shape index (κ2) is 13.8. The van der Waals surface area contributed by atoms with Gasteiger partial charge < -0.3 is 25.1 Å². The van der Waals surface area contributed by atoms with E-state index in [1.807, 2.05) is 60.7 Å². The van der Waals surface area contributed by atoms with Crippen molar-refractivity contribution in [3.05, 3.63) is 84.5 Å². The van der Waals surface area contributed by atoms with E-state index >= 15 is 0 Å². The van der Waals surface area contributed by atoms with Crippen molar-refractivity contribution in [2.45, 2.75) is 105 Å². The highest BCUT2D eigenvalue weighted by Crippen LogP contribution is 2.46. The Morgan fingerprint density at radius 3 is 2.19 bits per heavy atom. The number of nitrogens with one attached hydrogen (secondary N) is 3. The number of amides is 4. The Morgan fingerprint density at radius 1 is 0.925 bits per heavy atom. The van der Waals surface area contributed by atoms with E-state index in [1.165, 1.54) is 11.0 Å². The average molecular weight is 742 g/mol. The lowest BCUT2D eigenvalue weighted by Crippen LogP contribution is -2.60. The summed E-state index contributed by atoms with van der Waals surface area (Å²) in [6.07, 6.45) is 8.71. The van der Waals surface area contributed by atoms with E-state index in [9.17, 15) is 27.6 Å². The van der Waals surface area contributed by atoms with Crippen LogP contribution in [0.4, 0.5) is 4.79 Å². The van der Waals surface area contributed by atoms with Crippen LogP contribution in [0, 0.1) is 5.92 Å². The highest BCUT2D eigenvalue weighted by Gasteiger charge is 2.62. The van der Waals surface area contributed by atoms with Gasteiger partial charge in [0.25, 0.3) is 5.91 Å². The normalized spacial score (nSPS) is 29.4. The maximum absolute atomic E-state index is 14.5. The van der Waals surface area contributed by atoms with Gasteiger partial charge in [-0.15, -0.1) is 6.58 Å². The molecule has 6 atom stereocenters. The van der Waals surface area contributed by atoms with Crippen LogP contribution in [-0.4, -0.2) is 84.0 Å². The van der Waals surface area contributed by atoms with Crippen LogP contribution in [0.25, 0.3) is 11.1 Å². The SMILES string of the molecule is C=C[C@@H]1CC1(NC(=O)[C@@H]1C[C@@H](ON=C2c3ccccc3-c3ccccc32)C2C/C=C\CC(NC(=O)OC3CCCC3)C(=O)N21)C(=O)NS(=O)(=O)C1CC1. The van der Waals surface area contributed by atoms with Crippen molar-refractivity contribution < 1.29 is 37.2 Å². The second-order valence-corrected chi connectivity index (χ2v) is 16.8. The number of nitrogens with zero attached hydrogens (tertiary/aromatic N) is 2. The molecule has 2 heterocycles. The Kier molecular flexibility index (Phi) is 9.12. The van der Waals surface area contributed by atoms with Gasteiger partial charge in [-0.2, -0.15) is 0 Å². The van der Waals surface area contributed by atoms with Gasteiger partial charge in [0.05, 0.1) is 11.3 Å². The Morgan fingerprint density at radius 2 is 1.57 bits per heavy atom. The summed E-state index contributed by atoms with van der Waals surface area (Å²) in [6.45, 7) is 3.79. The summed E-state index contributed by atoms with van der Waals surface area (Å²) in [5, 5.41) is 9.60. The fourth-order valence-electron chi connectivity index (χ4n) is 8.27. The molecule has 0 aromatic heterocycles. The summed E-state index contributed by atoms with van der Waals surface area (Å²) in [6, 6.07) is 12.9. The molecule has 3 saturated carbocycles. The molecule has 0 bridgehead atoms. The van der Waals surface area contributed by atoms with Gasteiger partial charge in [-0.25, -0.2) is 13.2 Å². The fourth-order valence-corrected chi connectivity index (χ4v) is 9.63. The summed E-state index contributed by atoms with van der Waals surface area (Å²) in [7, 11) is -3.89. The molecule has 0 radical (unpaired) electrons. The Bertz CT molecular complexity index is 1970. The number of carbonyl (C=O) groups excluding carboxylic acids is 4. The lowest BCUT2D eigenvalue weighted by Gasteiger charge is -2.34. The summed E-state index contributed by atoms with van der Waals surface area (Å²) in [4.78, 5) is 63.1. The molecule has 278 valence electrons. The third-order valence-electron chi connectivity index (χ3n) is 11.4. The average Bonchev–Trinajstić information content (AvgIpc) is 4.00. The van der Waals surface area contributed by atoms with Crippen LogP contribution in [-0.2, 0) is 34.0 Å². The molecule has 4 amide bonds. The minimum absolute atomic E-state index is 0.0340. The second-order valence-electron chi connectivity index (χ2n) is 14.9. The minimum Gasteiger partial charge on any atom is -0.446 e. The summed E-state index contributed by atoms with van der Waals surface area (Å²) in [5.41, 5.74) is 2.93. The number of alkyl carbamates (subject to hydrolysis) is 1. The molecule has 3 N–H and O–H groups in total. The van der Waals surface area contributed by atoms with Crippen LogP contribution in [0.2, 0.25) is 0 Å². The van der Waals surface area contributed by atoms with Crippen molar-refractivity contribution in [3.63, 3.8) is 0 Å². The van der Waals surface area contributed by atoms with Crippen molar-refractivity contribution in [1.29, 1.82) is 0 Å². The van der Waals surface area contributed by atoms with Crippen molar-refractivity contribution in [2.75, 3.05) is 0 Å². The van der Waals surface area contributed by atoms with Gasteiger partial charge in [-0.3, -0.25) is 19.1 Å². The van der Waals surface area contributed by atoms with E-state index in [0.29, 0.717) is 25.0 Å². The first kappa shape index (κ1) is 35.1. The molecule has 14 heteroatoms. The number of carbonyl (C=O) groups is 4. The lowest BCUT2D eigenvalue weighted by molar-refractivity contribution is -0.143. The van der Waals surface area contributed by atoms with E-state index in [0.717, 1.165) is 47.9 Å². The van der Waals surface area contributed by atoms with E-state index in [4.69, 9.17) is 9.57 Å². The molecule has 4 aliphatic carbocycles. The standard InChI is InChI=1S/C39H43N5O8S/c1-2-23-22-39(23,37(47)43-53(49,50)25-19-20-25)41-35(45)32-21-33(52-42-34-28-15-7-5-13-26(28)27-14-6-8-16-29(27)34)31-18-10-9-17-30(36(46)44(31)32)40-38(48)51-24-11-3-4-12-24/h2,5-10,13-16,23-25,30-33H,1,3-4,11-12,17-22H2,(H,40,48)(H,41,45)(H,43,47)/b10-9-/t23-,30?,31?,32+,33-,39?/m1/s1. The molecule has 53 heavy (non-hydrogen) atoms. The molecular weight excluding hydrogens is 699 g/mol. The first-order valence-electron chi connectivity index (χ1n) is 18.5. The van der Waals surface area contributed by atoms with Gasteiger partial charge in [0.2, 0.25) is 21.8 Å². The molecule has 4 fully saturated rings. The number of ether oxygens (including phenoxy) is 1. The predicted octanol–water partition coefficient (Wildman–Crippen LogP) is 3.83. The van der Waals surface area contributed by atoms with E-state index in [2.05, 4.69) is 27.1 Å². The number of sulfonamides is 1. The number of oxime groups is 1. The van der Waals surface area contributed by atoms with Crippen LogP contribution in [0.5, 0.6) is 0 Å². The molecule has 3 unspecified atom stereocenters. The molecule has 2 aromatic rings. The molecule has 0 spiro atoms. The van der Waals surface area contributed by atoms with Gasteiger partial charge in [0.1, 0.15) is 29.4 Å². The van der Waals surface area contributed by atoms with Crippen LogP contribution >= 0.6 is 0 Å². The van der Waals surface area contributed by atoms with E-state index in [1.54, 1.807) is 0 Å². The van der Waals surface area contributed by atoms with Crippen molar-refractivity contribution in [3.8, 4) is 11.1 Å².